The molecule has 7 rings (SSSR count). The van der Waals surface area contributed by atoms with Gasteiger partial charge in [0.2, 0.25) is 11.8 Å². The summed E-state index contributed by atoms with van der Waals surface area (Å²) in [5, 5.41) is 25.9. The highest BCUT2D eigenvalue weighted by molar-refractivity contribution is 5.94. The van der Waals surface area contributed by atoms with E-state index in [9.17, 15) is 24.3 Å². The van der Waals surface area contributed by atoms with E-state index in [0.717, 1.165) is 22.3 Å². The van der Waals surface area contributed by atoms with E-state index in [2.05, 4.69) is 10.6 Å². The van der Waals surface area contributed by atoms with E-state index in [-0.39, 0.29) is 58.6 Å². The molecule has 0 unspecified atom stereocenters. The van der Waals surface area contributed by atoms with Gasteiger partial charge in [-0.05, 0) is 55.5 Å². The summed E-state index contributed by atoms with van der Waals surface area (Å²) in [7, 11) is 0. The van der Waals surface area contributed by atoms with Gasteiger partial charge in [-0.15, -0.1) is 0 Å². The predicted molar refractivity (Wildman–Crippen MR) is 198 cm³/mol. The highest BCUT2D eigenvalue weighted by Crippen LogP contribution is 2.58. The Labute approximate surface area is 325 Å². The molecule has 3 heterocycles. The normalized spacial score (nSPS) is 27.7. The van der Waals surface area contributed by atoms with E-state index in [1.165, 1.54) is 11.3 Å². The van der Waals surface area contributed by atoms with Crippen LogP contribution in [0.3, 0.4) is 0 Å². The van der Waals surface area contributed by atoms with Gasteiger partial charge in [0.05, 0.1) is 32.1 Å². The summed E-state index contributed by atoms with van der Waals surface area (Å²) in [6.07, 6.45) is 1.42. The van der Waals surface area contributed by atoms with Crippen molar-refractivity contribution in [1.82, 2.24) is 15.7 Å². The minimum atomic E-state index is -1.42. The number of hydrogen-bond acceptors (Lipinski definition) is 13. The molecule has 1 spiro atoms. The van der Waals surface area contributed by atoms with E-state index < -0.39 is 77.1 Å². The first kappa shape index (κ1) is 39.8. The van der Waals surface area contributed by atoms with Crippen molar-refractivity contribution < 1.29 is 57.9 Å². The van der Waals surface area contributed by atoms with E-state index in [1.807, 2.05) is 48.5 Å². The van der Waals surface area contributed by atoms with Crippen molar-refractivity contribution in [2.45, 2.75) is 114 Å². The molecule has 3 saturated heterocycles. The molecule has 15 heteroatoms. The maximum Gasteiger partial charge on any atom is 0.327 e. The van der Waals surface area contributed by atoms with Gasteiger partial charge in [-0.2, -0.15) is 5.06 Å². The second-order valence-electron chi connectivity index (χ2n) is 16.1. The summed E-state index contributed by atoms with van der Waals surface area (Å²) in [6.45, 7) is 5.11. The van der Waals surface area contributed by atoms with Gasteiger partial charge in [0, 0.05) is 38.6 Å². The van der Waals surface area contributed by atoms with Crippen molar-refractivity contribution in [3.05, 3.63) is 77.0 Å². The number of fused-ring (bicyclic) bond motifs is 5. The van der Waals surface area contributed by atoms with Crippen molar-refractivity contribution in [3.8, 4) is 0 Å². The molecule has 4 fully saturated rings. The molecule has 2 aliphatic carbocycles. The molecular weight excluding hydrogens is 726 g/mol. The molecule has 2 aromatic carbocycles. The maximum absolute atomic E-state index is 14.6. The summed E-state index contributed by atoms with van der Waals surface area (Å²) in [5.41, 5.74) is 1.81. The molecular formula is C41H51N3O12. The van der Waals surface area contributed by atoms with Crippen LogP contribution in [0.1, 0.15) is 68.7 Å². The Balaban J connectivity index is 1.07. The molecule has 3 aliphatic heterocycles. The van der Waals surface area contributed by atoms with E-state index in [4.69, 9.17) is 33.6 Å². The number of aliphatic hydroxyl groups excluding tert-OH is 2. The maximum atomic E-state index is 14.6. The molecule has 2 aromatic rings. The van der Waals surface area contributed by atoms with Gasteiger partial charge >= 0.3 is 11.9 Å². The molecule has 7 atom stereocenters. The number of esters is 2. The molecule has 0 aromatic heterocycles. The molecule has 15 nitrogen and oxygen atoms in total. The molecule has 4 N–H and O–H groups in total. The summed E-state index contributed by atoms with van der Waals surface area (Å²) in [5.74, 6) is -2.93. The van der Waals surface area contributed by atoms with Crippen molar-refractivity contribution in [3.63, 3.8) is 0 Å². The van der Waals surface area contributed by atoms with Gasteiger partial charge in [0.25, 0.3) is 0 Å². The summed E-state index contributed by atoms with van der Waals surface area (Å²) in [4.78, 5) is 60.4. The number of carbonyl (C=O) groups is 4. The molecule has 302 valence electrons. The lowest BCUT2D eigenvalue weighted by Gasteiger charge is -2.48. The monoisotopic (exact) mass is 777 g/mol. The summed E-state index contributed by atoms with van der Waals surface area (Å²) >= 11 is 0. The fourth-order valence-corrected chi connectivity index (χ4v) is 8.57. The molecule has 5 aliphatic rings. The number of nitrogens with one attached hydrogen (secondary N) is 2. The van der Waals surface area contributed by atoms with Crippen molar-refractivity contribution in [1.29, 1.82) is 0 Å². The standard InChI is InChI=1S/C41H51N3O12/c1-39(2,3)53-32(48)13-12-29(24-46)43-31(47)14-16-42-38(50)41-22-30-33-34(55-40(54-33)20-27-6-4-5-7-28(27)21-40)36(41)56-44(35(41)37(49)52-30)23-26-10-8-25(9-11-26)15-18-51-19-17-45/h4-11,15,18,29-30,33-36,45-46H,12-14,16-17,19-24H2,1-3H3,(H,42,50)(H,43,47)/t29-,30+,33-,34-,35-,36+,41-/m0/s1. The second-order valence-corrected chi connectivity index (χ2v) is 16.1. The van der Waals surface area contributed by atoms with Crippen LogP contribution in [0.25, 0.3) is 6.08 Å². The second kappa shape index (κ2) is 16.2. The zero-order valence-corrected chi connectivity index (χ0v) is 31.9. The van der Waals surface area contributed by atoms with Crippen LogP contribution in [0.2, 0.25) is 0 Å². The Morgan fingerprint density at radius 3 is 2.41 bits per heavy atom. The van der Waals surface area contributed by atoms with Gasteiger partial charge in [0.1, 0.15) is 42.0 Å². The minimum Gasteiger partial charge on any atom is -0.499 e. The Kier molecular flexibility index (Phi) is 11.5. The molecule has 56 heavy (non-hydrogen) atoms. The number of hydroxylamine groups is 2. The van der Waals surface area contributed by atoms with Crippen LogP contribution < -0.4 is 10.6 Å². The lowest BCUT2D eigenvalue weighted by Crippen LogP contribution is -2.69. The van der Waals surface area contributed by atoms with Gasteiger partial charge < -0.3 is 44.5 Å². The number of amides is 2. The third kappa shape index (κ3) is 8.20. The van der Waals surface area contributed by atoms with Crippen molar-refractivity contribution in [2.75, 3.05) is 26.4 Å². The topological polar surface area (TPSA) is 191 Å². The van der Waals surface area contributed by atoms with Crippen LogP contribution in [-0.2, 0) is 67.1 Å². The average Bonchev–Trinajstić information content (AvgIpc) is 3.83. The molecule has 0 radical (unpaired) electrons. The summed E-state index contributed by atoms with van der Waals surface area (Å²) in [6, 6.07) is 13.8. The highest BCUT2D eigenvalue weighted by atomic mass is 16.8. The fraction of sp³-hybridized carbons (Fsp3) is 0.561. The van der Waals surface area contributed by atoms with E-state index in [0.29, 0.717) is 12.8 Å². The number of aliphatic hydroxyl groups is 2. The van der Waals surface area contributed by atoms with Crippen LogP contribution in [0.15, 0.2) is 54.8 Å². The van der Waals surface area contributed by atoms with Crippen molar-refractivity contribution >= 4 is 29.8 Å². The van der Waals surface area contributed by atoms with E-state index in [1.54, 1.807) is 26.8 Å². The molecule has 2 amide bonds. The first-order valence-electron chi connectivity index (χ1n) is 19.3. The Bertz CT molecular complexity index is 1790. The van der Waals surface area contributed by atoms with Gasteiger partial charge in [-0.1, -0.05) is 48.5 Å². The van der Waals surface area contributed by atoms with Crippen LogP contribution in [-0.4, -0.2) is 113 Å². The Hall–Kier alpha value is -4.38. The smallest absolute Gasteiger partial charge is 0.327 e. The summed E-state index contributed by atoms with van der Waals surface area (Å²) < 4.78 is 30.1. The average molecular weight is 778 g/mol. The van der Waals surface area contributed by atoms with Crippen LogP contribution in [0, 0.1) is 5.41 Å². The zero-order chi connectivity index (χ0) is 39.7. The van der Waals surface area contributed by atoms with Crippen LogP contribution >= 0.6 is 0 Å². The predicted octanol–water partition coefficient (Wildman–Crippen LogP) is 1.85. The number of rotatable bonds is 15. The number of hydrogen-bond donors (Lipinski definition) is 4. The number of ether oxygens (including phenoxy) is 5. The highest BCUT2D eigenvalue weighted by Gasteiger charge is 2.76. The van der Waals surface area contributed by atoms with Gasteiger partial charge in [-0.25, -0.2) is 0 Å². The number of nitrogens with zero attached hydrogens (tertiary/aromatic N) is 1. The Morgan fingerprint density at radius 2 is 1.73 bits per heavy atom. The van der Waals surface area contributed by atoms with Gasteiger partial charge in [0.15, 0.2) is 11.8 Å². The lowest BCUT2D eigenvalue weighted by atomic mass is 9.62. The number of carbonyl (C=O) groups excluding carboxylic acids is 4. The zero-order valence-electron chi connectivity index (χ0n) is 31.9. The molecule has 2 bridgehead atoms. The molecule has 1 saturated carbocycles. The number of benzene rings is 2. The first-order chi connectivity index (χ1) is 26.8. The van der Waals surface area contributed by atoms with Crippen molar-refractivity contribution in [2.24, 2.45) is 5.41 Å². The third-order valence-corrected chi connectivity index (χ3v) is 10.9. The first-order valence-corrected chi connectivity index (χ1v) is 19.3. The largest absolute Gasteiger partial charge is 0.499 e. The quantitative estimate of drug-likeness (QED) is 0.117. The SMILES string of the molecule is CC(C)(C)OC(=O)CC[C@@H](CO)NC(=O)CCNC(=O)[C@@]12C[C@H]3OC(=O)[C@@H]1N(Cc1ccc(C=COCCO)cc1)O[C@@H]2[C@H]1OC2(Cc4ccccc4C2)O[C@H]13. The minimum absolute atomic E-state index is 0.0154. The Morgan fingerprint density at radius 1 is 1.02 bits per heavy atom. The van der Waals surface area contributed by atoms with E-state index >= 15 is 0 Å². The fourth-order valence-electron chi connectivity index (χ4n) is 8.57. The van der Waals surface area contributed by atoms with Gasteiger partial charge in [-0.3, -0.25) is 24.0 Å². The lowest BCUT2D eigenvalue weighted by molar-refractivity contribution is -0.217. The van der Waals surface area contributed by atoms with Crippen LogP contribution in [0.5, 0.6) is 0 Å². The van der Waals surface area contributed by atoms with Crippen LogP contribution in [0.4, 0.5) is 0 Å². The third-order valence-electron chi connectivity index (χ3n) is 10.9.